The quantitative estimate of drug-likeness (QED) is 0.362. The van der Waals surface area contributed by atoms with Crippen molar-refractivity contribution in [1.82, 2.24) is 10.2 Å². The van der Waals surface area contributed by atoms with Gasteiger partial charge in [-0.25, -0.2) is 0 Å². The summed E-state index contributed by atoms with van der Waals surface area (Å²) < 4.78 is 0. The standard InChI is InChI=1S/C28H36N4O2/c1-32(28(34)25(30)19-22-14-15-23-12-6-7-13-24(23)18-22)26(20-21-10-4-2-5-11-21)27(33)31-17-9-3-8-16-29/h2,4-7,10-15,18,25-26H,3,8-9,16-17,19-20,29-30H2,1H3,(H,31,33)/t25-,26-/m1/s1. The van der Waals surface area contributed by atoms with Gasteiger partial charge in [-0.15, -0.1) is 0 Å². The van der Waals surface area contributed by atoms with Crippen LogP contribution in [0.4, 0.5) is 0 Å². The monoisotopic (exact) mass is 460 g/mol. The number of nitrogens with zero attached hydrogens (tertiary/aromatic N) is 1. The summed E-state index contributed by atoms with van der Waals surface area (Å²) in [5.74, 6) is -0.405. The molecule has 2 atom stereocenters. The maximum absolute atomic E-state index is 13.3. The molecule has 0 fully saturated rings. The van der Waals surface area contributed by atoms with Crippen molar-refractivity contribution in [3.8, 4) is 0 Å². The summed E-state index contributed by atoms with van der Waals surface area (Å²) in [5, 5.41) is 5.25. The Labute approximate surface area is 202 Å². The smallest absolute Gasteiger partial charge is 0.243 e. The number of nitrogens with one attached hydrogen (secondary N) is 1. The molecule has 2 amide bonds. The zero-order valence-electron chi connectivity index (χ0n) is 20.0. The summed E-state index contributed by atoms with van der Waals surface area (Å²) in [4.78, 5) is 27.9. The van der Waals surface area contributed by atoms with E-state index in [9.17, 15) is 9.59 Å². The number of unbranched alkanes of at least 4 members (excludes halogenated alkanes) is 2. The van der Waals surface area contributed by atoms with Crippen LogP contribution in [0.3, 0.4) is 0 Å². The Balaban J connectivity index is 1.68. The number of hydrogen-bond acceptors (Lipinski definition) is 4. The van der Waals surface area contributed by atoms with Crippen LogP contribution in [0.25, 0.3) is 10.8 Å². The Hall–Kier alpha value is -3.22. The minimum atomic E-state index is -0.734. The van der Waals surface area contributed by atoms with Crippen molar-refractivity contribution in [3.63, 3.8) is 0 Å². The zero-order chi connectivity index (χ0) is 24.3. The van der Waals surface area contributed by atoms with Crippen molar-refractivity contribution in [2.45, 2.75) is 44.2 Å². The van der Waals surface area contributed by atoms with Gasteiger partial charge >= 0.3 is 0 Å². The molecule has 0 spiro atoms. The molecule has 0 aliphatic heterocycles. The van der Waals surface area contributed by atoms with Gasteiger partial charge in [-0.05, 0) is 47.7 Å². The van der Waals surface area contributed by atoms with Gasteiger partial charge in [-0.1, -0.05) is 79.2 Å². The van der Waals surface area contributed by atoms with Crippen LogP contribution in [0.15, 0.2) is 72.8 Å². The number of rotatable bonds is 12. The van der Waals surface area contributed by atoms with Crippen LogP contribution < -0.4 is 16.8 Å². The Morgan fingerprint density at radius 2 is 1.56 bits per heavy atom. The third-order valence-electron chi connectivity index (χ3n) is 6.16. The van der Waals surface area contributed by atoms with Gasteiger partial charge in [0.1, 0.15) is 6.04 Å². The lowest BCUT2D eigenvalue weighted by Gasteiger charge is -2.30. The maximum Gasteiger partial charge on any atom is 0.243 e. The number of amides is 2. The lowest BCUT2D eigenvalue weighted by Crippen LogP contribution is -2.53. The second-order valence-corrected chi connectivity index (χ2v) is 8.79. The van der Waals surface area contributed by atoms with Gasteiger partial charge in [0.25, 0.3) is 0 Å². The Bertz CT molecular complexity index is 1070. The molecule has 0 radical (unpaired) electrons. The molecular weight excluding hydrogens is 424 g/mol. The topological polar surface area (TPSA) is 101 Å². The highest BCUT2D eigenvalue weighted by Crippen LogP contribution is 2.17. The van der Waals surface area contributed by atoms with E-state index >= 15 is 0 Å². The second-order valence-electron chi connectivity index (χ2n) is 8.79. The fourth-order valence-corrected chi connectivity index (χ4v) is 4.14. The van der Waals surface area contributed by atoms with Crippen molar-refractivity contribution >= 4 is 22.6 Å². The SMILES string of the molecule is CN(C(=O)[C@H](N)Cc1ccc2ccccc2c1)[C@H](Cc1ccccc1)C(=O)NCCCCCN. The largest absolute Gasteiger partial charge is 0.354 e. The molecule has 0 saturated heterocycles. The third kappa shape index (κ3) is 7.14. The van der Waals surface area contributed by atoms with Crippen LogP contribution in [-0.4, -0.2) is 48.9 Å². The lowest BCUT2D eigenvalue weighted by atomic mass is 9.99. The molecule has 0 aliphatic rings. The first-order valence-corrected chi connectivity index (χ1v) is 12.0. The van der Waals surface area contributed by atoms with Gasteiger partial charge in [0, 0.05) is 20.0 Å². The number of nitrogens with two attached hydrogens (primary N) is 2. The number of carbonyl (C=O) groups excluding carboxylic acids is 2. The van der Waals surface area contributed by atoms with Gasteiger partial charge in [-0.3, -0.25) is 9.59 Å². The molecule has 0 aromatic heterocycles. The van der Waals surface area contributed by atoms with E-state index in [1.165, 1.54) is 4.90 Å². The first kappa shape index (κ1) is 25.4. The van der Waals surface area contributed by atoms with Gasteiger partial charge in [0.2, 0.25) is 11.8 Å². The lowest BCUT2D eigenvalue weighted by molar-refractivity contribution is -0.139. The van der Waals surface area contributed by atoms with E-state index in [2.05, 4.69) is 17.4 Å². The molecule has 3 aromatic carbocycles. The van der Waals surface area contributed by atoms with Gasteiger partial charge in [-0.2, -0.15) is 0 Å². The molecule has 5 N–H and O–H groups in total. The van der Waals surface area contributed by atoms with Crippen LogP contribution in [-0.2, 0) is 22.4 Å². The van der Waals surface area contributed by atoms with Gasteiger partial charge in [0.15, 0.2) is 0 Å². The summed E-state index contributed by atoms with van der Waals surface area (Å²) in [6.07, 6.45) is 3.60. The predicted octanol–water partition coefficient (Wildman–Crippen LogP) is 3.02. The van der Waals surface area contributed by atoms with Crippen LogP contribution in [0.5, 0.6) is 0 Å². The van der Waals surface area contributed by atoms with Crippen molar-refractivity contribution in [1.29, 1.82) is 0 Å². The molecule has 6 heteroatoms. The fraction of sp³-hybridized carbons (Fsp3) is 0.357. The summed E-state index contributed by atoms with van der Waals surface area (Å²) in [6.45, 7) is 1.21. The van der Waals surface area contributed by atoms with E-state index in [1.54, 1.807) is 7.05 Å². The highest BCUT2D eigenvalue weighted by molar-refractivity contribution is 5.90. The Morgan fingerprint density at radius 3 is 2.29 bits per heavy atom. The predicted molar refractivity (Wildman–Crippen MR) is 138 cm³/mol. The average Bonchev–Trinajstić information content (AvgIpc) is 2.86. The van der Waals surface area contributed by atoms with E-state index in [1.807, 2.05) is 60.7 Å². The van der Waals surface area contributed by atoms with E-state index in [0.29, 0.717) is 25.9 Å². The Kier molecular flexibility index (Phi) is 9.62. The van der Waals surface area contributed by atoms with E-state index < -0.39 is 12.1 Å². The zero-order valence-corrected chi connectivity index (χ0v) is 20.0. The number of hydrogen-bond donors (Lipinski definition) is 3. The summed E-state index contributed by atoms with van der Waals surface area (Å²) >= 11 is 0. The van der Waals surface area contributed by atoms with Gasteiger partial charge < -0.3 is 21.7 Å². The summed E-state index contributed by atoms with van der Waals surface area (Å²) in [5.41, 5.74) is 13.9. The van der Waals surface area contributed by atoms with E-state index in [-0.39, 0.29) is 11.8 Å². The molecule has 0 aliphatic carbocycles. The molecule has 3 rings (SSSR count). The van der Waals surface area contributed by atoms with Crippen LogP contribution in [0.2, 0.25) is 0 Å². The first-order chi connectivity index (χ1) is 16.5. The number of carbonyl (C=O) groups is 2. The Morgan fingerprint density at radius 1 is 0.853 bits per heavy atom. The fourth-order valence-electron chi connectivity index (χ4n) is 4.14. The number of likely N-dealkylation sites (N-methyl/N-ethyl adjacent to an activating group) is 1. The first-order valence-electron chi connectivity index (χ1n) is 12.0. The molecule has 6 nitrogen and oxygen atoms in total. The van der Waals surface area contributed by atoms with E-state index in [0.717, 1.165) is 41.2 Å². The van der Waals surface area contributed by atoms with Crippen molar-refractivity contribution in [2.75, 3.05) is 20.1 Å². The third-order valence-corrected chi connectivity index (χ3v) is 6.16. The molecular formula is C28H36N4O2. The molecule has 0 heterocycles. The minimum absolute atomic E-state index is 0.162. The van der Waals surface area contributed by atoms with Gasteiger partial charge in [0.05, 0.1) is 6.04 Å². The molecule has 180 valence electrons. The normalized spacial score (nSPS) is 12.8. The number of benzene rings is 3. The summed E-state index contributed by atoms with van der Waals surface area (Å²) in [7, 11) is 1.67. The highest BCUT2D eigenvalue weighted by Gasteiger charge is 2.30. The van der Waals surface area contributed by atoms with Crippen LogP contribution in [0.1, 0.15) is 30.4 Å². The molecule has 0 saturated carbocycles. The maximum atomic E-state index is 13.3. The minimum Gasteiger partial charge on any atom is -0.354 e. The van der Waals surface area contributed by atoms with Crippen molar-refractivity contribution < 1.29 is 9.59 Å². The van der Waals surface area contributed by atoms with Crippen LogP contribution in [0, 0.1) is 0 Å². The molecule has 0 bridgehead atoms. The average molecular weight is 461 g/mol. The van der Waals surface area contributed by atoms with Crippen LogP contribution >= 0.6 is 0 Å². The summed E-state index contributed by atoms with van der Waals surface area (Å²) in [6, 6.07) is 22.6. The molecule has 3 aromatic rings. The van der Waals surface area contributed by atoms with Crippen molar-refractivity contribution in [3.05, 3.63) is 83.9 Å². The highest BCUT2D eigenvalue weighted by atomic mass is 16.2. The van der Waals surface area contributed by atoms with Crippen molar-refractivity contribution in [2.24, 2.45) is 11.5 Å². The molecule has 0 unspecified atom stereocenters. The van der Waals surface area contributed by atoms with E-state index in [4.69, 9.17) is 11.5 Å². The number of fused-ring (bicyclic) bond motifs is 1. The molecule has 34 heavy (non-hydrogen) atoms. The second kappa shape index (κ2) is 12.9.